The average Bonchev–Trinajstić information content (AvgIpc) is 2.42. The molecule has 3 heteroatoms. The Balaban J connectivity index is 2.24. The van der Waals surface area contributed by atoms with Crippen LogP contribution in [0.25, 0.3) is 0 Å². The van der Waals surface area contributed by atoms with Crippen molar-refractivity contribution in [2.45, 2.75) is 26.3 Å². The third kappa shape index (κ3) is 3.52. The summed E-state index contributed by atoms with van der Waals surface area (Å²) in [5.41, 5.74) is 3.61. The molecule has 2 aromatic carbocycles. The van der Waals surface area contributed by atoms with Gasteiger partial charge in [-0.1, -0.05) is 42.8 Å². The Kier molecular flexibility index (Phi) is 4.89. The summed E-state index contributed by atoms with van der Waals surface area (Å²) in [7, 11) is 0. The van der Waals surface area contributed by atoms with E-state index in [-0.39, 0.29) is 6.04 Å². The normalized spacial score (nSPS) is 12.2. The molecule has 2 aromatic rings. The van der Waals surface area contributed by atoms with Crippen molar-refractivity contribution < 1.29 is 0 Å². The Labute approximate surface area is 128 Å². The molecule has 0 aliphatic heterocycles. The molecule has 0 saturated carbocycles. The predicted molar refractivity (Wildman–Crippen MR) is 87.0 cm³/mol. The molecular weight excluding hydrogens is 322 g/mol. The van der Waals surface area contributed by atoms with Gasteiger partial charge in [0.15, 0.2) is 0 Å². The van der Waals surface area contributed by atoms with Gasteiger partial charge in [0.05, 0.1) is 6.04 Å². The van der Waals surface area contributed by atoms with Crippen molar-refractivity contribution in [3.05, 3.63) is 63.1 Å². The maximum atomic E-state index is 5.94. The highest BCUT2D eigenvalue weighted by Gasteiger charge is 2.11. The summed E-state index contributed by atoms with van der Waals surface area (Å²) >= 11 is 9.58. The zero-order valence-electron chi connectivity index (χ0n) is 11.1. The molecule has 100 valence electrons. The lowest BCUT2D eigenvalue weighted by molar-refractivity contribution is 0.748. The molecule has 0 radical (unpaired) electrons. The molecule has 19 heavy (non-hydrogen) atoms. The number of hydrogen-bond acceptors (Lipinski definition) is 1. The van der Waals surface area contributed by atoms with E-state index in [1.807, 2.05) is 12.1 Å². The fourth-order valence-corrected chi connectivity index (χ4v) is 2.57. The highest BCUT2D eigenvalue weighted by atomic mass is 79.9. The first-order valence-electron chi connectivity index (χ1n) is 6.39. The fraction of sp³-hybridized carbons (Fsp3) is 0.250. The number of anilines is 1. The van der Waals surface area contributed by atoms with E-state index in [0.717, 1.165) is 21.6 Å². The minimum Gasteiger partial charge on any atom is -0.377 e. The van der Waals surface area contributed by atoms with Gasteiger partial charge in [0.25, 0.3) is 0 Å². The van der Waals surface area contributed by atoms with Crippen LogP contribution in [-0.2, 0) is 0 Å². The average molecular weight is 339 g/mol. The molecule has 1 atom stereocenters. The Bertz CT molecular complexity index is 551. The van der Waals surface area contributed by atoms with E-state index in [1.165, 1.54) is 11.1 Å². The molecule has 1 unspecified atom stereocenters. The van der Waals surface area contributed by atoms with Gasteiger partial charge in [0.1, 0.15) is 0 Å². The second kappa shape index (κ2) is 6.44. The third-order valence-corrected chi connectivity index (χ3v) is 4.51. The summed E-state index contributed by atoms with van der Waals surface area (Å²) in [5, 5.41) is 4.36. The lowest BCUT2D eigenvalue weighted by Gasteiger charge is -2.20. The summed E-state index contributed by atoms with van der Waals surface area (Å²) in [6, 6.07) is 14.6. The predicted octanol–water partition coefficient (Wildman–Crippen LogP) is 5.97. The maximum Gasteiger partial charge on any atom is 0.0511 e. The molecule has 0 aliphatic rings. The summed E-state index contributed by atoms with van der Waals surface area (Å²) in [6.07, 6.45) is 1.02. The lowest BCUT2D eigenvalue weighted by atomic mass is 10.0. The van der Waals surface area contributed by atoms with Crippen molar-refractivity contribution in [2.24, 2.45) is 0 Å². The molecule has 0 spiro atoms. The monoisotopic (exact) mass is 337 g/mol. The van der Waals surface area contributed by atoms with E-state index in [1.54, 1.807) is 0 Å². The fourth-order valence-electron chi connectivity index (χ4n) is 2.06. The molecule has 1 N–H and O–H groups in total. The Hall–Kier alpha value is -0.990. The van der Waals surface area contributed by atoms with Crippen LogP contribution in [0.2, 0.25) is 5.02 Å². The summed E-state index contributed by atoms with van der Waals surface area (Å²) in [6.45, 7) is 4.27. The van der Waals surface area contributed by atoms with E-state index >= 15 is 0 Å². The minimum absolute atomic E-state index is 0.287. The third-order valence-electron chi connectivity index (χ3n) is 3.20. The highest BCUT2D eigenvalue weighted by Crippen LogP contribution is 2.30. The Morgan fingerprint density at radius 1 is 1.16 bits per heavy atom. The second-order valence-corrected chi connectivity index (χ2v) is 5.82. The van der Waals surface area contributed by atoms with Gasteiger partial charge in [-0.2, -0.15) is 0 Å². The molecule has 0 amide bonds. The van der Waals surface area contributed by atoms with Gasteiger partial charge in [-0.3, -0.25) is 0 Å². The molecular formula is C16H17BrClN. The summed E-state index contributed by atoms with van der Waals surface area (Å²) in [5.74, 6) is 0. The minimum atomic E-state index is 0.287. The molecule has 2 rings (SSSR count). The second-order valence-electron chi connectivity index (χ2n) is 4.59. The van der Waals surface area contributed by atoms with Crippen molar-refractivity contribution in [3.63, 3.8) is 0 Å². The molecule has 0 saturated heterocycles. The highest BCUT2D eigenvalue weighted by molar-refractivity contribution is 9.10. The lowest BCUT2D eigenvalue weighted by Crippen LogP contribution is -2.10. The van der Waals surface area contributed by atoms with Gasteiger partial charge in [-0.25, -0.2) is 0 Å². The van der Waals surface area contributed by atoms with Gasteiger partial charge in [0, 0.05) is 15.2 Å². The summed E-state index contributed by atoms with van der Waals surface area (Å²) < 4.78 is 1.13. The van der Waals surface area contributed by atoms with Crippen LogP contribution in [-0.4, -0.2) is 0 Å². The van der Waals surface area contributed by atoms with E-state index in [9.17, 15) is 0 Å². The number of aryl methyl sites for hydroxylation is 1. The van der Waals surface area contributed by atoms with Gasteiger partial charge in [0.2, 0.25) is 0 Å². The van der Waals surface area contributed by atoms with Crippen LogP contribution < -0.4 is 5.32 Å². The van der Waals surface area contributed by atoms with Gasteiger partial charge in [-0.15, -0.1) is 0 Å². The zero-order chi connectivity index (χ0) is 13.8. The smallest absolute Gasteiger partial charge is 0.0511 e. The van der Waals surface area contributed by atoms with Gasteiger partial charge in [-0.05, 0) is 58.6 Å². The first-order valence-corrected chi connectivity index (χ1v) is 7.56. The van der Waals surface area contributed by atoms with Crippen molar-refractivity contribution in [1.29, 1.82) is 0 Å². The topological polar surface area (TPSA) is 12.0 Å². The number of nitrogens with one attached hydrogen (secondary N) is 1. The van der Waals surface area contributed by atoms with E-state index < -0.39 is 0 Å². The standard InChI is InChI=1S/C16H17BrClN/c1-3-14(12-7-9-13(18)10-8-12)19-15-6-4-5-11(2)16(15)17/h4-10,14,19H,3H2,1-2H3. The Morgan fingerprint density at radius 2 is 1.84 bits per heavy atom. The van der Waals surface area contributed by atoms with Gasteiger partial charge < -0.3 is 5.32 Å². The van der Waals surface area contributed by atoms with Crippen molar-refractivity contribution in [1.82, 2.24) is 0 Å². The quantitative estimate of drug-likeness (QED) is 0.723. The molecule has 0 fully saturated rings. The van der Waals surface area contributed by atoms with Crippen LogP contribution in [0.4, 0.5) is 5.69 Å². The number of rotatable bonds is 4. The molecule has 0 aliphatic carbocycles. The number of hydrogen-bond donors (Lipinski definition) is 1. The van der Waals surface area contributed by atoms with Crippen LogP contribution in [0.5, 0.6) is 0 Å². The Morgan fingerprint density at radius 3 is 2.47 bits per heavy atom. The first-order chi connectivity index (χ1) is 9.11. The number of halogens is 2. The zero-order valence-corrected chi connectivity index (χ0v) is 13.4. The van der Waals surface area contributed by atoms with Gasteiger partial charge >= 0.3 is 0 Å². The maximum absolute atomic E-state index is 5.94. The van der Waals surface area contributed by atoms with Crippen LogP contribution in [0.1, 0.15) is 30.5 Å². The van der Waals surface area contributed by atoms with Crippen LogP contribution in [0, 0.1) is 6.92 Å². The van der Waals surface area contributed by atoms with Crippen molar-refractivity contribution in [2.75, 3.05) is 5.32 Å². The molecule has 1 nitrogen and oxygen atoms in total. The van der Waals surface area contributed by atoms with E-state index in [0.29, 0.717) is 0 Å². The SMILES string of the molecule is CCC(Nc1cccc(C)c1Br)c1ccc(Cl)cc1. The van der Waals surface area contributed by atoms with Crippen LogP contribution >= 0.6 is 27.5 Å². The molecule has 0 heterocycles. The van der Waals surface area contributed by atoms with Crippen molar-refractivity contribution in [3.8, 4) is 0 Å². The van der Waals surface area contributed by atoms with E-state index in [4.69, 9.17) is 11.6 Å². The number of benzene rings is 2. The summed E-state index contributed by atoms with van der Waals surface area (Å²) in [4.78, 5) is 0. The molecule has 0 aromatic heterocycles. The van der Waals surface area contributed by atoms with E-state index in [2.05, 4.69) is 65.4 Å². The largest absolute Gasteiger partial charge is 0.377 e. The first kappa shape index (κ1) is 14.4. The van der Waals surface area contributed by atoms with Crippen LogP contribution in [0.15, 0.2) is 46.9 Å². The molecule has 0 bridgehead atoms. The van der Waals surface area contributed by atoms with Crippen molar-refractivity contribution >= 4 is 33.2 Å². The van der Waals surface area contributed by atoms with Crippen LogP contribution in [0.3, 0.4) is 0 Å².